The van der Waals surface area contributed by atoms with Gasteiger partial charge in [0.15, 0.2) is 0 Å². The van der Waals surface area contributed by atoms with Crippen molar-refractivity contribution in [2.45, 2.75) is 64.2 Å². The zero-order chi connectivity index (χ0) is 13.3. The number of hydrogen-bond acceptors (Lipinski definition) is 4. The molecule has 0 aromatic rings. The van der Waals surface area contributed by atoms with Crippen LogP contribution < -0.4 is 0 Å². The molecule has 0 rings (SSSR count). The monoisotopic (exact) mass is 294 g/mol. The van der Waals surface area contributed by atoms with Crippen molar-refractivity contribution >= 4 is 23.5 Å². The topological polar surface area (TPSA) is 40.5 Å². The second-order valence-corrected chi connectivity index (χ2v) is 6.76. The molecular weight excluding hydrogens is 264 g/mol. The maximum absolute atomic E-state index is 8.61. The van der Waals surface area contributed by atoms with E-state index in [1.807, 2.05) is 0 Å². The van der Waals surface area contributed by atoms with Crippen LogP contribution in [0.25, 0.3) is 0 Å². The molecule has 0 unspecified atom stereocenters. The van der Waals surface area contributed by atoms with Gasteiger partial charge in [-0.25, -0.2) is 0 Å². The van der Waals surface area contributed by atoms with E-state index >= 15 is 0 Å². The highest BCUT2D eigenvalue weighted by Gasteiger charge is 1.93. The molecule has 0 aliphatic rings. The minimum absolute atomic E-state index is 0.275. The van der Waals surface area contributed by atoms with Crippen LogP contribution in [0.1, 0.15) is 64.2 Å². The average Bonchev–Trinajstić information content (AvgIpc) is 2.39. The first-order valence-electron chi connectivity index (χ1n) is 7.29. The number of thioether (sulfide) groups is 2. The van der Waals surface area contributed by atoms with Crippen molar-refractivity contribution in [3.05, 3.63) is 0 Å². The van der Waals surface area contributed by atoms with Gasteiger partial charge in [-0.05, 0) is 24.3 Å². The first-order chi connectivity index (χ1) is 8.91. The third-order valence-corrected chi connectivity index (χ3v) is 4.53. The highest BCUT2D eigenvalue weighted by atomic mass is 32.2. The predicted molar refractivity (Wildman–Crippen MR) is 85.3 cm³/mol. The summed E-state index contributed by atoms with van der Waals surface area (Å²) < 4.78 is 0. The highest BCUT2D eigenvalue weighted by Crippen LogP contribution is 2.12. The van der Waals surface area contributed by atoms with Gasteiger partial charge in [-0.3, -0.25) is 0 Å². The molecule has 0 saturated heterocycles. The van der Waals surface area contributed by atoms with E-state index in [0.717, 1.165) is 11.5 Å². The number of aliphatic hydroxyl groups is 2. The molecule has 0 fully saturated rings. The van der Waals surface area contributed by atoms with Crippen LogP contribution >= 0.6 is 23.5 Å². The molecule has 0 aliphatic heterocycles. The number of unbranched alkanes of at least 4 members (excludes halogenated alkanes) is 9. The summed E-state index contributed by atoms with van der Waals surface area (Å²) in [5, 5.41) is 17.2. The second-order valence-electron chi connectivity index (χ2n) is 4.61. The molecule has 18 heavy (non-hydrogen) atoms. The molecule has 2 N–H and O–H groups in total. The van der Waals surface area contributed by atoms with Crippen LogP contribution in [-0.2, 0) is 0 Å². The Labute approximate surface area is 121 Å². The Bertz CT molecular complexity index is 130. The third-order valence-electron chi connectivity index (χ3n) is 3.01. The Kier molecular flexibility index (Phi) is 18.2. The van der Waals surface area contributed by atoms with Crippen molar-refractivity contribution in [2.24, 2.45) is 0 Å². The molecule has 0 amide bonds. The smallest absolute Gasteiger partial charge is 0.0885 e. The van der Waals surface area contributed by atoms with Crippen molar-refractivity contribution in [1.29, 1.82) is 0 Å². The van der Waals surface area contributed by atoms with E-state index in [0.29, 0.717) is 0 Å². The Morgan fingerprint density at radius 3 is 1.00 bits per heavy atom. The molecular formula is C14H30O2S2. The fourth-order valence-corrected chi connectivity index (χ4v) is 3.03. The normalized spacial score (nSPS) is 11.0. The Hall–Kier alpha value is 0.620. The fourth-order valence-electron chi connectivity index (χ4n) is 1.95. The second kappa shape index (κ2) is 17.6. The lowest BCUT2D eigenvalue weighted by Gasteiger charge is -2.02. The van der Waals surface area contributed by atoms with Crippen LogP contribution in [-0.4, -0.2) is 33.6 Å². The quantitative estimate of drug-likeness (QED) is 0.350. The van der Waals surface area contributed by atoms with Crippen molar-refractivity contribution in [3.63, 3.8) is 0 Å². The maximum atomic E-state index is 8.61. The molecule has 0 aromatic carbocycles. The summed E-state index contributed by atoms with van der Waals surface area (Å²) in [6, 6.07) is 0. The van der Waals surface area contributed by atoms with Gasteiger partial charge in [0.1, 0.15) is 0 Å². The summed E-state index contributed by atoms with van der Waals surface area (Å²) in [7, 11) is 0. The van der Waals surface area contributed by atoms with Gasteiger partial charge in [0.25, 0.3) is 0 Å². The minimum Gasteiger partial charge on any atom is -0.386 e. The van der Waals surface area contributed by atoms with E-state index in [4.69, 9.17) is 10.2 Å². The maximum Gasteiger partial charge on any atom is 0.0885 e. The summed E-state index contributed by atoms with van der Waals surface area (Å²) in [4.78, 5) is 0. The zero-order valence-electron chi connectivity index (χ0n) is 11.6. The van der Waals surface area contributed by atoms with Crippen LogP contribution in [0.2, 0.25) is 0 Å². The van der Waals surface area contributed by atoms with E-state index in [2.05, 4.69) is 0 Å². The molecule has 0 aromatic heterocycles. The van der Waals surface area contributed by atoms with Crippen molar-refractivity contribution in [2.75, 3.05) is 23.4 Å². The fraction of sp³-hybridized carbons (Fsp3) is 1.00. The number of rotatable bonds is 15. The lowest BCUT2D eigenvalue weighted by Crippen LogP contribution is -1.86. The molecule has 0 spiro atoms. The van der Waals surface area contributed by atoms with Crippen LogP contribution in [0.15, 0.2) is 0 Å². The van der Waals surface area contributed by atoms with Gasteiger partial charge < -0.3 is 10.2 Å². The first-order valence-corrected chi connectivity index (χ1v) is 9.60. The van der Waals surface area contributed by atoms with Gasteiger partial charge in [0.05, 0.1) is 11.9 Å². The van der Waals surface area contributed by atoms with Crippen LogP contribution in [0.4, 0.5) is 0 Å². The van der Waals surface area contributed by atoms with E-state index < -0.39 is 0 Å². The molecule has 0 aliphatic carbocycles. The largest absolute Gasteiger partial charge is 0.386 e. The summed E-state index contributed by atoms with van der Waals surface area (Å²) in [5.74, 6) is 2.78. The van der Waals surface area contributed by atoms with Crippen LogP contribution in [0.5, 0.6) is 0 Å². The van der Waals surface area contributed by atoms with Crippen molar-refractivity contribution < 1.29 is 10.2 Å². The molecule has 0 saturated carbocycles. The summed E-state index contributed by atoms with van der Waals surface area (Å²) >= 11 is 3.26. The SMILES string of the molecule is OCSCCCCCCCCCCCCSCO. The Morgan fingerprint density at radius 1 is 0.444 bits per heavy atom. The third kappa shape index (κ3) is 16.6. The predicted octanol–water partition coefficient (Wildman–Crippen LogP) is 4.25. The molecule has 4 heteroatoms. The molecule has 0 heterocycles. The Morgan fingerprint density at radius 2 is 0.722 bits per heavy atom. The number of aliphatic hydroxyl groups excluding tert-OH is 2. The van der Waals surface area contributed by atoms with Crippen molar-refractivity contribution in [3.8, 4) is 0 Å². The van der Waals surface area contributed by atoms with E-state index in [1.54, 1.807) is 23.5 Å². The van der Waals surface area contributed by atoms with Gasteiger partial charge >= 0.3 is 0 Å². The molecule has 0 bridgehead atoms. The van der Waals surface area contributed by atoms with Gasteiger partial charge in [-0.15, -0.1) is 23.5 Å². The summed E-state index contributed by atoms with van der Waals surface area (Å²) in [6.07, 6.45) is 13.4. The first kappa shape index (κ1) is 18.6. The summed E-state index contributed by atoms with van der Waals surface area (Å²) in [5.41, 5.74) is 0. The van der Waals surface area contributed by atoms with Gasteiger partial charge in [-0.2, -0.15) is 0 Å². The molecule has 0 radical (unpaired) electrons. The van der Waals surface area contributed by atoms with Gasteiger partial charge in [0, 0.05) is 0 Å². The van der Waals surface area contributed by atoms with E-state index in [9.17, 15) is 0 Å². The van der Waals surface area contributed by atoms with Crippen LogP contribution in [0, 0.1) is 0 Å². The van der Waals surface area contributed by atoms with Crippen molar-refractivity contribution in [1.82, 2.24) is 0 Å². The average molecular weight is 295 g/mol. The summed E-state index contributed by atoms with van der Waals surface area (Å²) in [6.45, 7) is 0. The minimum atomic E-state index is 0.275. The van der Waals surface area contributed by atoms with E-state index in [-0.39, 0.29) is 11.9 Å². The Balaban J connectivity index is 2.86. The highest BCUT2D eigenvalue weighted by molar-refractivity contribution is 7.99. The lowest BCUT2D eigenvalue weighted by molar-refractivity contribution is 0.375. The number of hydrogen-bond donors (Lipinski definition) is 2. The van der Waals surface area contributed by atoms with Gasteiger partial charge in [0.2, 0.25) is 0 Å². The van der Waals surface area contributed by atoms with Gasteiger partial charge in [-0.1, -0.05) is 51.4 Å². The van der Waals surface area contributed by atoms with Crippen LogP contribution in [0.3, 0.4) is 0 Å². The molecule has 2 nitrogen and oxygen atoms in total. The molecule has 110 valence electrons. The molecule has 0 atom stereocenters. The van der Waals surface area contributed by atoms with E-state index in [1.165, 1.54) is 64.2 Å². The zero-order valence-corrected chi connectivity index (χ0v) is 13.2. The standard InChI is InChI=1S/C14H30O2S2/c15-13-17-11-9-7-5-3-1-2-4-6-8-10-12-18-14-16/h15-16H,1-14H2. The lowest BCUT2D eigenvalue weighted by atomic mass is 10.1.